The monoisotopic (exact) mass is 713 g/mol. The second-order valence-corrected chi connectivity index (χ2v) is 14.5. The first-order valence-electron chi connectivity index (χ1n) is 19.2. The minimum absolute atomic E-state index is 0.865. The van der Waals surface area contributed by atoms with Crippen molar-refractivity contribution < 1.29 is 4.42 Å². The number of benzene rings is 10. The summed E-state index contributed by atoms with van der Waals surface area (Å²) in [5.41, 5.74) is 12.1. The molecule has 0 saturated carbocycles. The fraction of sp³-hybridized carbons (Fsp3) is 0. The summed E-state index contributed by atoms with van der Waals surface area (Å²) in [6, 6.07) is 76.5. The maximum absolute atomic E-state index is 6.71. The number of nitrogens with zero attached hydrogens (tertiary/aromatic N) is 1. The summed E-state index contributed by atoms with van der Waals surface area (Å²) in [6.45, 7) is 0. The highest BCUT2D eigenvalue weighted by Crippen LogP contribution is 2.46. The van der Waals surface area contributed by atoms with Crippen molar-refractivity contribution in [2.45, 2.75) is 0 Å². The molecule has 0 radical (unpaired) electrons. The van der Waals surface area contributed by atoms with Crippen LogP contribution in [-0.4, -0.2) is 0 Å². The molecule has 2 heteroatoms. The molecule has 0 bridgehead atoms. The zero-order valence-corrected chi connectivity index (χ0v) is 30.6. The molecular weight excluding hydrogens is 679 g/mol. The molecule has 0 atom stereocenters. The maximum Gasteiger partial charge on any atom is 0.143 e. The number of furan rings is 1. The van der Waals surface area contributed by atoms with Crippen LogP contribution in [-0.2, 0) is 0 Å². The molecule has 11 rings (SSSR count). The third-order valence-corrected chi connectivity index (χ3v) is 11.2. The van der Waals surface area contributed by atoms with Crippen LogP contribution in [0, 0.1) is 0 Å². The molecule has 0 saturated heterocycles. The summed E-state index contributed by atoms with van der Waals surface area (Å²) >= 11 is 0. The molecule has 0 unspecified atom stereocenters. The van der Waals surface area contributed by atoms with Crippen LogP contribution >= 0.6 is 0 Å². The lowest BCUT2D eigenvalue weighted by molar-refractivity contribution is 0.672. The molecule has 56 heavy (non-hydrogen) atoms. The van der Waals surface area contributed by atoms with Gasteiger partial charge in [0.05, 0.1) is 11.1 Å². The Hall–Kier alpha value is -7.42. The Morgan fingerprint density at radius 2 is 0.964 bits per heavy atom. The second-order valence-electron chi connectivity index (χ2n) is 14.5. The van der Waals surface area contributed by atoms with Crippen molar-refractivity contribution in [2.24, 2.45) is 0 Å². The molecule has 0 aliphatic carbocycles. The lowest BCUT2D eigenvalue weighted by Gasteiger charge is -2.27. The highest BCUT2D eigenvalue weighted by Gasteiger charge is 2.21. The molecule has 262 valence electrons. The number of hydrogen-bond donors (Lipinski definition) is 0. The van der Waals surface area contributed by atoms with Gasteiger partial charge in [0, 0.05) is 22.1 Å². The lowest BCUT2D eigenvalue weighted by Crippen LogP contribution is -2.10. The van der Waals surface area contributed by atoms with Gasteiger partial charge in [-0.15, -0.1) is 0 Å². The minimum atomic E-state index is 0.865. The van der Waals surface area contributed by atoms with Gasteiger partial charge in [0.15, 0.2) is 0 Å². The highest BCUT2D eigenvalue weighted by atomic mass is 16.3. The van der Waals surface area contributed by atoms with Crippen molar-refractivity contribution in [1.82, 2.24) is 0 Å². The van der Waals surface area contributed by atoms with E-state index in [0.717, 1.165) is 50.0 Å². The van der Waals surface area contributed by atoms with Gasteiger partial charge in [0.25, 0.3) is 0 Å². The van der Waals surface area contributed by atoms with E-state index in [2.05, 4.69) is 217 Å². The number of anilines is 3. The van der Waals surface area contributed by atoms with E-state index in [1.165, 1.54) is 54.7 Å². The van der Waals surface area contributed by atoms with Crippen LogP contribution in [0.25, 0.3) is 87.6 Å². The summed E-state index contributed by atoms with van der Waals surface area (Å²) in [5.74, 6) is 0. The normalized spacial score (nSPS) is 11.6. The van der Waals surface area contributed by atoms with Crippen molar-refractivity contribution in [3.63, 3.8) is 0 Å². The third-order valence-electron chi connectivity index (χ3n) is 11.2. The number of hydrogen-bond acceptors (Lipinski definition) is 2. The molecule has 1 aromatic heterocycles. The van der Waals surface area contributed by atoms with E-state index in [1.807, 2.05) is 0 Å². The van der Waals surface area contributed by atoms with Crippen LogP contribution in [0.5, 0.6) is 0 Å². The van der Waals surface area contributed by atoms with Gasteiger partial charge in [-0.25, -0.2) is 0 Å². The molecule has 1 heterocycles. The first-order valence-corrected chi connectivity index (χ1v) is 19.2. The van der Waals surface area contributed by atoms with E-state index in [9.17, 15) is 0 Å². The first kappa shape index (κ1) is 32.0. The molecular formula is C54H35NO. The van der Waals surface area contributed by atoms with Gasteiger partial charge >= 0.3 is 0 Å². The molecule has 2 nitrogen and oxygen atoms in total. The van der Waals surface area contributed by atoms with Crippen molar-refractivity contribution in [3.05, 3.63) is 212 Å². The van der Waals surface area contributed by atoms with Crippen LogP contribution in [0.2, 0.25) is 0 Å². The Morgan fingerprint density at radius 3 is 1.80 bits per heavy atom. The number of rotatable bonds is 6. The van der Waals surface area contributed by atoms with Crippen LogP contribution in [0.3, 0.4) is 0 Å². The smallest absolute Gasteiger partial charge is 0.143 e. The molecule has 0 N–H and O–H groups in total. The third kappa shape index (κ3) is 5.34. The van der Waals surface area contributed by atoms with Crippen LogP contribution in [0.1, 0.15) is 0 Å². The molecule has 10 aromatic carbocycles. The van der Waals surface area contributed by atoms with E-state index in [0.29, 0.717) is 0 Å². The molecule has 0 aliphatic rings. The summed E-state index contributed by atoms with van der Waals surface area (Å²) in [7, 11) is 0. The topological polar surface area (TPSA) is 16.4 Å². The fourth-order valence-electron chi connectivity index (χ4n) is 8.57. The number of fused-ring (bicyclic) bond motifs is 7. The van der Waals surface area contributed by atoms with Gasteiger partial charge in [0.2, 0.25) is 0 Å². The van der Waals surface area contributed by atoms with Crippen molar-refractivity contribution in [1.29, 1.82) is 0 Å². The SMILES string of the molecule is c1ccc(-c2cccc3cccc(-c4cccc(N(c5ccc(-c6ccc7ccccc7c6)cc5)c5cccc6oc7c8ccccc8ccc7c56)c4)c23)cc1. The molecule has 0 spiro atoms. The Balaban J connectivity index is 1.12. The second kappa shape index (κ2) is 13.2. The predicted octanol–water partition coefficient (Wildman–Crippen LogP) is 15.5. The Bertz CT molecular complexity index is 3240. The summed E-state index contributed by atoms with van der Waals surface area (Å²) < 4.78 is 6.71. The Labute approximate surface area is 325 Å². The first-order chi connectivity index (χ1) is 27.8. The predicted molar refractivity (Wildman–Crippen MR) is 237 cm³/mol. The average Bonchev–Trinajstić information content (AvgIpc) is 3.67. The van der Waals surface area contributed by atoms with Crippen molar-refractivity contribution in [3.8, 4) is 33.4 Å². The van der Waals surface area contributed by atoms with Crippen LogP contribution in [0.4, 0.5) is 17.1 Å². The van der Waals surface area contributed by atoms with E-state index in [1.54, 1.807) is 0 Å². The maximum atomic E-state index is 6.71. The van der Waals surface area contributed by atoms with Gasteiger partial charge in [-0.1, -0.05) is 164 Å². The Morgan fingerprint density at radius 1 is 0.321 bits per heavy atom. The fourth-order valence-corrected chi connectivity index (χ4v) is 8.57. The van der Waals surface area contributed by atoms with Gasteiger partial charge in [-0.3, -0.25) is 0 Å². The average molecular weight is 714 g/mol. The largest absolute Gasteiger partial charge is 0.455 e. The van der Waals surface area contributed by atoms with Gasteiger partial charge < -0.3 is 9.32 Å². The van der Waals surface area contributed by atoms with E-state index < -0.39 is 0 Å². The van der Waals surface area contributed by atoms with Crippen molar-refractivity contribution in [2.75, 3.05) is 4.90 Å². The van der Waals surface area contributed by atoms with Crippen molar-refractivity contribution >= 4 is 71.3 Å². The van der Waals surface area contributed by atoms with E-state index in [-0.39, 0.29) is 0 Å². The minimum Gasteiger partial charge on any atom is -0.455 e. The lowest BCUT2D eigenvalue weighted by atomic mass is 9.91. The Kier molecular flexibility index (Phi) is 7.53. The van der Waals surface area contributed by atoms with Gasteiger partial charge in [-0.05, 0) is 109 Å². The van der Waals surface area contributed by atoms with Crippen LogP contribution < -0.4 is 4.90 Å². The summed E-state index contributed by atoms with van der Waals surface area (Å²) in [6.07, 6.45) is 0. The zero-order chi connectivity index (χ0) is 37.0. The quantitative estimate of drug-likeness (QED) is 0.171. The molecule has 0 fully saturated rings. The summed E-state index contributed by atoms with van der Waals surface area (Å²) in [5, 5.41) is 9.43. The van der Waals surface area contributed by atoms with E-state index >= 15 is 0 Å². The van der Waals surface area contributed by atoms with E-state index in [4.69, 9.17) is 4.42 Å². The molecule has 0 aliphatic heterocycles. The molecule has 11 aromatic rings. The highest BCUT2D eigenvalue weighted by molar-refractivity contribution is 6.19. The summed E-state index contributed by atoms with van der Waals surface area (Å²) in [4.78, 5) is 2.39. The standard InChI is InChI=1S/C54H35NO/c1-2-13-38(14-3-1)46-22-9-17-40-18-10-23-47(52(40)46)43-19-8-20-45(35-43)55(44-31-28-37(29-32-44)42-27-26-36-12-4-5-16-41(36)34-42)50-24-11-25-51-53(50)49-33-30-39-15-6-7-21-48(39)54(49)56-51/h1-35H. The van der Waals surface area contributed by atoms with Gasteiger partial charge in [-0.2, -0.15) is 0 Å². The van der Waals surface area contributed by atoms with Gasteiger partial charge in [0.1, 0.15) is 11.2 Å². The van der Waals surface area contributed by atoms with Crippen LogP contribution in [0.15, 0.2) is 217 Å². The molecule has 0 amide bonds. The zero-order valence-electron chi connectivity index (χ0n) is 30.6.